The highest BCUT2D eigenvalue weighted by molar-refractivity contribution is 5.97. The summed E-state index contributed by atoms with van der Waals surface area (Å²) in [6.07, 6.45) is 7.28. The van der Waals surface area contributed by atoms with Crippen molar-refractivity contribution >= 4 is 22.9 Å². The molecule has 4 fully saturated rings. The molecule has 4 saturated carbocycles. The van der Waals surface area contributed by atoms with E-state index < -0.39 is 5.41 Å². The molecule has 0 saturated heterocycles. The number of nitrogens with zero attached hydrogens (tertiary/aromatic N) is 1. The first-order valence-corrected chi connectivity index (χ1v) is 9.35. The van der Waals surface area contributed by atoms with Crippen LogP contribution >= 0.6 is 0 Å². The molecule has 6 rings (SSSR count). The van der Waals surface area contributed by atoms with E-state index in [1.807, 2.05) is 18.2 Å². The molecule has 0 radical (unpaired) electrons. The van der Waals surface area contributed by atoms with Crippen molar-refractivity contribution < 1.29 is 14.3 Å². The fraction of sp³-hybridized carbons (Fsp3) is 0.550. The molecule has 1 aromatic heterocycles. The van der Waals surface area contributed by atoms with E-state index in [-0.39, 0.29) is 17.4 Å². The Bertz CT molecular complexity index is 889. The molecule has 6 heteroatoms. The molecule has 2 N–H and O–H groups in total. The van der Waals surface area contributed by atoms with Gasteiger partial charge in [-0.1, -0.05) is 0 Å². The number of H-pyrrole nitrogens is 1. The average molecular weight is 353 g/mol. The zero-order valence-electron chi connectivity index (χ0n) is 14.9. The van der Waals surface area contributed by atoms with E-state index in [0.717, 1.165) is 36.7 Å². The normalized spacial score (nSPS) is 34.8. The van der Waals surface area contributed by atoms with Gasteiger partial charge < -0.3 is 15.0 Å². The molecule has 6 nitrogen and oxygen atoms in total. The lowest BCUT2D eigenvalue weighted by Gasteiger charge is -2.60. The van der Waals surface area contributed by atoms with Crippen LogP contribution in [-0.4, -0.2) is 34.5 Å². The Morgan fingerprint density at radius 3 is 2.73 bits per heavy atom. The molecule has 26 heavy (non-hydrogen) atoms. The van der Waals surface area contributed by atoms with Gasteiger partial charge in [-0.25, -0.2) is 4.98 Å². The van der Waals surface area contributed by atoms with E-state index in [0.29, 0.717) is 23.8 Å². The van der Waals surface area contributed by atoms with Crippen molar-refractivity contribution in [3.63, 3.8) is 0 Å². The summed E-state index contributed by atoms with van der Waals surface area (Å²) >= 11 is 0. The van der Waals surface area contributed by atoms with Crippen molar-refractivity contribution in [2.75, 3.05) is 7.11 Å². The van der Waals surface area contributed by atoms with Crippen LogP contribution in [0.2, 0.25) is 0 Å². The molecule has 0 aliphatic heterocycles. The van der Waals surface area contributed by atoms with Crippen molar-refractivity contribution in [3.05, 3.63) is 30.1 Å². The Morgan fingerprint density at radius 2 is 2.00 bits per heavy atom. The van der Waals surface area contributed by atoms with Gasteiger partial charge in [-0.3, -0.25) is 9.59 Å². The molecule has 4 aliphatic rings. The van der Waals surface area contributed by atoms with Crippen molar-refractivity contribution in [3.8, 4) is 0 Å². The van der Waals surface area contributed by atoms with E-state index in [1.165, 1.54) is 13.5 Å². The van der Waals surface area contributed by atoms with Gasteiger partial charge in [0.25, 0.3) is 5.91 Å². The third-order valence-corrected chi connectivity index (χ3v) is 6.74. The standard InChI is InChI=1S/C20H23N3O3/c1-26-18(25)19-6-12-4-13(7-19)9-20(8-12,10-19)23-17(24)14-2-3-15-16(5-14)22-11-21-15/h2-3,5,11-13H,4,6-10H2,1H3,(H,21,22)(H,23,24)/t12-,13-,19?,20?/m0/s1. The Kier molecular flexibility index (Phi) is 3.24. The monoisotopic (exact) mass is 353 g/mol. The average Bonchev–Trinajstić information content (AvgIpc) is 3.07. The molecule has 1 amide bonds. The lowest BCUT2D eigenvalue weighted by atomic mass is 9.47. The first-order valence-electron chi connectivity index (χ1n) is 9.35. The number of ether oxygens (including phenoxy) is 1. The maximum absolute atomic E-state index is 13.0. The van der Waals surface area contributed by atoms with Gasteiger partial charge in [-0.05, 0) is 68.6 Å². The zero-order chi connectivity index (χ0) is 17.9. The van der Waals surface area contributed by atoms with Gasteiger partial charge in [-0.2, -0.15) is 0 Å². The Balaban J connectivity index is 1.44. The van der Waals surface area contributed by atoms with Crippen LogP contribution in [-0.2, 0) is 9.53 Å². The molecule has 4 bridgehead atoms. The summed E-state index contributed by atoms with van der Waals surface area (Å²) < 4.78 is 5.15. The van der Waals surface area contributed by atoms with Gasteiger partial charge >= 0.3 is 5.97 Å². The van der Waals surface area contributed by atoms with Crippen LogP contribution in [0.25, 0.3) is 11.0 Å². The van der Waals surface area contributed by atoms with E-state index in [1.54, 1.807) is 6.33 Å². The number of fused-ring (bicyclic) bond motifs is 1. The third-order valence-electron chi connectivity index (χ3n) is 6.74. The summed E-state index contributed by atoms with van der Waals surface area (Å²) in [6.45, 7) is 0. The SMILES string of the molecule is COC(=O)C12C[C@@H]3C[C@H](CC(NC(=O)c4ccc5nc[nH]c5c4)(C3)C1)C2. The van der Waals surface area contributed by atoms with Crippen LogP contribution in [0.4, 0.5) is 0 Å². The molecule has 0 unspecified atom stereocenters. The molecule has 1 heterocycles. The quantitative estimate of drug-likeness (QED) is 0.831. The molecule has 4 aliphatic carbocycles. The molecule has 136 valence electrons. The predicted molar refractivity (Wildman–Crippen MR) is 95.4 cm³/mol. The summed E-state index contributed by atoms with van der Waals surface area (Å²) in [6, 6.07) is 5.51. The van der Waals surface area contributed by atoms with Gasteiger partial charge in [0.2, 0.25) is 0 Å². The first kappa shape index (κ1) is 15.9. The number of esters is 1. The number of carbonyl (C=O) groups is 2. The number of imidazole rings is 1. The number of aromatic nitrogens is 2. The van der Waals surface area contributed by atoms with Gasteiger partial charge in [0.1, 0.15) is 0 Å². The number of nitrogens with one attached hydrogen (secondary N) is 2. The summed E-state index contributed by atoms with van der Waals surface area (Å²) in [4.78, 5) is 32.8. The fourth-order valence-electron chi connectivity index (χ4n) is 6.25. The number of rotatable bonds is 3. The van der Waals surface area contributed by atoms with Crippen LogP contribution in [0.15, 0.2) is 24.5 Å². The van der Waals surface area contributed by atoms with Crippen molar-refractivity contribution in [1.29, 1.82) is 0 Å². The minimum Gasteiger partial charge on any atom is -0.469 e. The van der Waals surface area contributed by atoms with Crippen LogP contribution in [0, 0.1) is 17.3 Å². The summed E-state index contributed by atoms with van der Waals surface area (Å²) in [5, 5.41) is 3.32. The summed E-state index contributed by atoms with van der Waals surface area (Å²) in [5.74, 6) is 0.851. The number of aromatic amines is 1. The Labute approximate surface area is 151 Å². The second kappa shape index (κ2) is 5.32. The largest absolute Gasteiger partial charge is 0.469 e. The Morgan fingerprint density at radius 1 is 1.23 bits per heavy atom. The minimum atomic E-state index is -0.403. The second-order valence-corrected chi connectivity index (χ2v) is 8.60. The molecular formula is C20H23N3O3. The van der Waals surface area contributed by atoms with Crippen molar-refractivity contribution in [1.82, 2.24) is 15.3 Å². The van der Waals surface area contributed by atoms with Crippen molar-refractivity contribution in [2.24, 2.45) is 17.3 Å². The number of amides is 1. The van der Waals surface area contributed by atoms with Crippen LogP contribution in [0.3, 0.4) is 0 Å². The van der Waals surface area contributed by atoms with E-state index in [4.69, 9.17) is 4.74 Å². The smallest absolute Gasteiger partial charge is 0.311 e. The van der Waals surface area contributed by atoms with Gasteiger partial charge in [0.15, 0.2) is 0 Å². The number of methoxy groups -OCH3 is 1. The lowest BCUT2D eigenvalue weighted by molar-refractivity contribution is -0.171. The zero-order valence-corrected chi connectivity index (χ0v) is 14.9. The van der Waals surface area contributed by atoms with Gasteiger partial charge in [0.05, 0.1) is 29.9 Å². The van der Waals surface area contributed by atoms with Gasteiger partial charge in [-0.15, -0.1) is 0 Å². The highest BCUT2D eigenvalue weighted by atomic mass is 16.5. The first-order chi connectivity index (χ1) is 12.5. The van der Waals surface area contributed by atoms with Crippen LogP contribution in [0.1, 0.15) is 48.9 Å². The number of hydrogen-bond acceptors (Lipinski definition) is 4. The van der Waals surface area contributed by atoms with E-state index in [2.05, 4.69) is 15.3 Å². The third kappa shape index (κ3) is 2.27. The molecule has 1 aromatic carbocycles. The highest BCUT2D eigenvalue weighted by Crippen LogP contribution is 2.62. The van der Waals surface area contributed by atoms with E-state index in [9.17, 15) is 9.59 Å². The minimum absolute atomic E-state index is 0.0662. The predicted octanol–water partition coefficient (Wildman–Crippen LogP) is 2.80. The summed E-state index contributed by atoms with van der Waals surface area (Å²) in [7, 11) is 1.48. The van der Waals surface area contributed by atoms with E-state index >= 15 is 0 Å². The molecule has 0 spiro atoms. The topological polar surface area (TPSA) is 84.1 Å². The second-order valence-electron chi connectivity index (χ2n) is 8.60. The molecular weight excluding hydrogens is 330 g/mol. The highest BCUT2D eigenvalue weighted by Gasteiger charge is 2.61. The molecule has 2 atom stereocenters. The molecule has 2 aromatic rings. The maximum Gasteiger partial charge on any atom is 0.311 e. The lowest BCUT2D eigenvalue weighted by Crippen LogP contribution is -2.64. The fourth-order valence-corrected chi connectivity index (χ4v) is 6.25. The van der Waals surface area contributed by atoms with Gasteiger partial charge in [0, 0.05) is 11.1 Å². The van der Waals surface area contributed by atoms with Crippen molar-refractivity contribution in [2.45, 2.75) is 44.1 Å². The number of hydrogen-bond donors (Lipinski definition) is 2. The number of carbonyl (C=O) groups excluding carboxylic acids is 2. The van der Waals surface area contributed by atoms with Crippen LogP contribution in [0.5, 0.6) is 0 Å². The maximum atomic E-state index is 13.0. The number of benzene rings is 1. The van der Waals surface area contributed by atoms with Crippen LogP contribution < -0.4 is 5.32 Å². The summed E-state index contributed by atoms with van der Waals surface area (Å²) in [5.41, 5.74) is 1.65. The Hall–Kier alpha value is -2.37.